The fourth-order valence-electron chi connectivity index (χ4n) is 1.08. The molecule has 2 aromatic heterocycles. The van der Waals surface area contributed by atoms with Gasteiger partial charge in [-0.2, -0.15) is 5.26 Å². The van der Waals surface area contributed by atoms with E-state index in [2.05, 4.69) is 9.97 Å². The molecule has 0 aromatic carbocycles. The molecule has 0 aliphatic carbocycles. The van der Waals surface area contributed by atoms with Crippen molar-refractivity contribution >= 4 is 17.4 Å². The smallest absolute Gasteiger partial charge is 0.235 e. The summed E-state index contributed by atoms with van der Waals surface area (Å²) in [6.45, 7) is 0. The predicted molar refractivity (Wildman–Crippen MR) is 47.3 cm³/mol. The van der Waals surface area contributed by atoms with E-state index in [1.54, 1.807) is 22.9 Å². The van der Waals surface area contributed by atoms with E-state index in [0.717, 1.165) is 5.69 Å². The molecule has 0 aliphatic rings. The third-order valence-corrected chi connectivity index (χ3v) is 1.98. The van der Waals surface area contributed by atoms with E-state index >= 15 is 0 Å². The van der Waals surface area contributed by atoms with Gasteiger partial charge in [-0.3, -0.25) is 4.40 Å². The molecular weight excluding hydrogens is 188 g/mol. The second-order valence-electron chi connectivity index (χ2n) is 2.48. The highest BCUT2D eigenvalue weighted by Crippen LogP contribution is 2.07. The molecule has 0 saturated carbocycles. The van der Waals surface area contributed by atoms with Crippen LogP contribution < -0.4 is 0 Å². The van der Waals surface area contributed by atoms with Crippen LogP contribution in [0.5, 0.6) is 0 Å². The largest absolute Gasteiger partial charge is 0.287 e. The van der Waals surface area contributed by atoms with Gasteiger partial charge in [0.25, 0.3) is 0 Å². The molecular formula is C8H5ClN4. The van der Waals surface area contributed by atoms with Crippen molar-refractivity contribution in [1.29, 1.82) is 5.26 Å². The number of hydrogen-bond donors (Lipinski definition) is 0. The average molecular weight is 193 g/mol. The number of hydrogen-bond acceptors (Lipinski definition) is 3. The van der Waals surface area contributed by atoms with Crippen LogP contribution in [0.15, 0.2) is 18.5 Å². The van der Waals surface area contributed by atoms with E-state index in [4.69, 9.17) is 16.9 Å². The van der Waals surface area contributed by atoms with Gasteiger partial charge in [-0.25, -0.2) is 9.97 Å². The molecule has 0 N–H and O–H groups in total. The van der Waals surface area contributed by atoms with Gasteiger partial charge in [-0.15, -0.1) is 11.6 Å². The monoisotopic (exact) mass is 192 g/mol. The van der Waals surface area contributed by atoms with Gasteiger partial charge in [0.15, 0.2) is 0 Å². The molecule has 5 heteroatoms. The van der Waals surface area contributed by atoms with Crippen LogP contribution in [0, 0.1) is 11.3 Å². The summed E-state index contributed by atoms with van der Waals surface area (Å²) >= 11 is 5.67. The van der Waals surface area contributed by atoms with E-state index < -0.39 is 0 Å². The lowest BCUT2D eigenvalue weighted by atomic mass is 10.4. The van der Waals surface area contributed by atoms with Gasteiger partial charge >= 0.3 is 0 Å². The molecule has 0 aliphatic heterocycles. The molecule has 0 bridgehead atoms. The number of rotatable bonds is 1. The van der Waals surface area contributed by atoms with Crippen LogP contribution in [-0.2, 0) is 5.88 Å². The van der Waals surface area contributed by atoms with E-state index in [0.29, 0.717) is 17.4 Å². The highest BCUT2D eigenvalue weighted by molar-refractivity contribution is 6.16. The number of halogens is 1. The van der Waals surface area contributed by atoms with Crippen LogP contribution in [0.1, 0.15) is 11.4 Å². The molecule has 2 heterocycles. The summed E-state index contributed by atoms with van der Waals surface area (Å²) in [5.41, 5.74) is 1.23. The molecule has 4 nitrogen and oxygen atoms in total. The van der Waals surface area contributed by atoms with Crippen molar-refractivity contribution in [2.24, 2.45) is 0 Å². The van der Waals surface area contributed by atoms with Crippen LogP contribution >= 0.6 is 11.6 Å². The van der Waals surface area contributed by atoms with Crippen molar-refractivity contribution in [3.05, 3.63) is 29.8 Å². The third-order valence-electron chi connectivity index (χ3n) is 1.71. The van der Waals surface area contributed by atoms with Crippen molar-refractivity contribution in [1.82, 2.24) is 14.4 Å². The van der Waals surface area contributed by atoms with Crippen LogP contribution in [0.3, 0.4) is 0 Å². The number of aromatic nitrogens is 3. The fraction of sp³-hybridized carbons (Fsp3) is 0.125. The topological polar surface area (TPSA) is 54.0 Å². The molecule has 0 unspecified atom stereocenters. The van der Waals surface area contributed by atoms with Crippen LogP contribution in [0.2, 0.25) is 0 Å². The van der Waals surface area contributed by atoms with Gasteiger partial charge in [0, 0.05) is 6.20 Å². The summed E-state index contributed by atoms with van der Waals surface area (Å²) in [7, 11) is 0. The Morgan fingerprint density at radius 2 is 2.46 bits per heavy atom. The molecule has 2 aromatic rings. The van der Waals surface area contributed by atoms with Gasteiger partial charge < -0.3 is 0 Å². The minimum atomic E-state index is 0.360. The Morgan fingerprint density at radius 3 is 3.15 bits per heavy atom. The summed E-state index contributed by atoms with van der Waals surface area (Å²) < 4.78 is 1.76. The molecule has 13 heavy (non-hydrogen) atoms. The van der Waals surface area contributed by atoms with Crippen LogP contribution in [-0.4, -0.2) is 14.4 Å². The lowest BCUT2D eigenvalue weighted by Crippen LogP contribution is -1.93. The number of fused-ring (bicyclic) bond motifs is 1. The summed E-state index contributed by atoms with van der Waals surface area (Å²) in [4.78, 5) is 8.01. The molecule has 0 saturated heterocycles. The Balaban J connectivity index is 2.70. The van der Waals surface area contributed by atoms with Gasteiger partial charge in [0.1, 0.15) is 11.8 Å². The maximum Gasteiger partial charge on any atom is 0.235 e. The summed E-state index contributed by atoms with van der Waals surface area (Å²) in [6.07, 6.45) is 3.39. The lowest BCUT2D eigenvalue weighted by molar-refractivity contribution is 1.04. The molecule has 0 atom stereocenters. The molecule has 0 amide bonds. The minimum Gasteiger partial charge on any atom is -0.287 e. The third kappa shape index (κ3) is 1.23. The van der Waals surface area contributed by atoms with Crippen molar-refractivity contribution in [3.8, 4) is 6.07 Å². The maximum absolute atomic E-state index is 8.59. The Kier molecular flexibility index (Phi) is 1.87. The first-order chi connectivity index (χ1) is 6.35. The number of alkyl halides is 1. The Labute approximate surface area is 79.4 Å². The van der Waals surface area contributed by atoms with Gasteiger partial charge in [0.05, 0.1) is 17.8 Å². The number of nitrogens with zero attached hydrogens (tertiary/aromatic N) is 4. The molecule has 0 fully saturated rings. The van der Waals surface area contributed by atoms with Crippen molar-refractivity contribution < 1.29 is 0 Å². The Morgan fingerprint density at radius 1 is 1.62 bits per heavy atom. The summed E-state index contributed by atoms with van der Waals surface area (Å²) in [5.74, 6) is 0.893. The standard InChI is InChI=1S/C8H5ClN4/c9-3-7-5-11-8-12-6(4-10)1-2-13(7)8/h1-2,5H,3H2. The second kappa shape index (κ2) is 3.04. The highest BCUT2D eigenvalue weighted by Gasteiger charge is 2.03. The number of nitriles is 1. The first kappa shape index (κ1) is 8.02. The Hall–Kier alpha value is -1.60. The quantitative estimate of drug-likeness (QED) is 0.641. The molecule has 0 spiro atoms. The zero-order valence-corrected chi connectivity index (χ0v) is 7.36. The van der Waals surface area contributed by atoms with Crippen LogP contribution in [0.25, 0.3) is 5.78 Å². The number of imidazole rings is 1. The normalized spacial score (nSPS) is 10.2. The van der Waals surface area contributed by atoms with Gasteiger partial charge in [-0.05, 0) is 6.07 Å². The molecule has 0 radical (unpaired) electrons. The van der Waals surface area contributed by atoms with E-state index in [-0.39, 0.29) is 0 Å². The SMILES string of the molecule is N#Cc1ccn2c(CCl)cnc2n1. The lowest BCUT2D eigenvalue weighted by Gasteiger charge is -1.95. The predicted octanol–water partition coefficient (Wildman–Crippen LogP) is 1.34. The summed E-state index contributed by atoms with van der Waals surface area (Å²) in [5, 5.41) is 8.59. The zero-order chi connectivity index (χ0) is 9.26. The van der Waals surface area contributed by atoms with Crippen LogP contribution in [0.4, 0.5) is 0 Å². The van der Waals surface area contributed by atoms with E-state index in [9.17, 15) is 0 Å². The van der Waals surface area contributed by atoms with Crippen molar-refractivity contribution in [2.75, 3.05) is 0 Å². The van der Waals surface area contributed by atoms with Crippen molar-refractivity contribution in [3.63, 3.8) is 0 Å². The average Bonchev–Trinajstić information content (AvgIpc) is 2.59. The Bertz CT molecular complexity index is 482. The second-order valence-corrected chi connectivity index (χ2v) is 2.75. The minimum absolute atomic E-state index is 0.360. The summed E-state index contributed by atoms with van der Waals surface area (Å²) in [6, 6.07) is 3.58. The first-order valence-electron chi connectivity index (χ1n) is 3.64. The van der Waals surface area contributed by atoms with Gasteiger partial charge in [0.2, 0.25) is 5.78 Å². The van der Waals surface area contributed by atoms with Gasteiger partial charge in [-0.1, -0.05) is 0 Å². The van der Waals surface area contributed by atoms with E-state index in [1.807, 2.05) is 6.07 Å². The molecule has 64 valence electrons. The highest BCUT2D eigenvalue weighted by atomic mass is 35.5. The van der Waals surface area contributed by atoms with E-state index in [1.165, 1.54) is 0 Å². The fourth-order valence-corrected chi connectivity index (χ4v) is 1.28. The first-order valence-corrected chi connectivity index (χ1v) is 4.17. The maximum atomic E-state index is 8.59. The molecule has 2 rings (SSSR count). The van der Waals surface area contributed by atoms with Crippen molar-refractivity contribution in [2.45, 2.75) is 5.88 Å². The zero-order valence-electron chi connectivity index (χ0n) is 6.61.